The van der Waals surface area contributed by atoms with Crippen LogP contribution in [0.4, 0.5) is 4.39 Å². The van der Waals surface area contributed by atoms with E-state index >= 15 is 0 Å². The topological polar surface area (TPSA) is 34.4 Å². The van der Waals surface area contributed by atoms with Crippen molar-refractivity contribution in [3.05, 3.63) is 58.2 Å². The molecule has 1 N–H and O–H groups in total. The van der Waals surface area contributed by atoms with Crippen molar-refractivity contribution in [3.63, 3.8) is 0 Å². The summed E-state index contributed by atoms with van der Waals surface area (Å²) in [4.78, 5) is 0. The molecule has 1 saturated carbocycles. The Kier molecular flexibility index (Phi) is 5.72. The predicted molar refractivity (Wildman–Crippen MR) is 107 cm³/mol. The van der Waals surface area contributed by atoms with Gasteiger partial charge in [0.1, 0.15) is 17.8 Å². The van der Waals surface area contributed by atoms with Crippen LogP contribution in [0.1, 0.15) is 56.3 Å². The number of nitrogens with one attached hydrogen (secondary N) is 1. The molecule has 146 valence electrons. The van der Waals surface area contributed by atoms with Crippen LogP contribution in [0.2, 0.25) is 0 Å². The molecule has 2 fully saturated rings. The van der Waals surface area contributed by atoms with Crippen molar-refractivity contribution in [2.75, 3.05) is 13.2 Å². The molecule has 4 rings (SSSR count). The first-order chi connectivity index (χ1) is 13.1. The van der Waals surface area contributed by atoms with Gasteiger partial charge in [0.15, 0.2) is 0 Å². The Morgan fingerprint density at radius 3 is 2.59 bits per heavy atom. The molecule has 0 amide bonds. The third kappa shape index (κ3) is 4.30. The van der Waals surface area contributed by atoms with Crippen LogP contribution in [0.3, 0.4) is 0 Å². The second-order valence-corrected chi connectivity index (χ2v) is 9.03. The molecular weight excluding hydrogens is 409 g/mol. The second kappa shape index (κ2) is 8.06. The van der Waals surface area contributed by atoms with Gasteiger partial charge in [-0.2, -0.15) is 0 Å². The zero-order chi connectivity index (χ0) is 18.7. The molecule has 1 aromatic carbocycles. The van der Waals surface area contributed by atoms with Crippen molar-refractivity contribution in [2.24, 2.45) is 0 Å². The summed E-state index contributed by atoms with van der Waals surface area (Å²) >= 11 is 3.42. The van der Waals surface area contributed by atoms with E-state index in [1.165, 1.54) is 18.4 Å². The van der Waals surface area contributed by atoms with Crippen molar-refractivity contribution >= 4 is 15.9 Å². The maximum Gasteiger partial charge on any atom is 0.123 e. The molecule has 0 unspecified atom stereocenters. The minimum absolute atomic E-state index is 0.0263. The molecule has 1 aromatic heterocycles. The summed E-state index contributed by atoms with van der Waals surface area (Å²) in [6, 6.07) is 9.15. The molecule has 5 heteroatoms. The minimum atomic E-state index is -0.168. The Labute approximate surface area is 168 Å². The van der Waals surface area contributed by atoms with Gasteiger partial charge in [-0.1, -0.05) is 25.0 Å². The lowest BCUT2D eigenvalue weighted by molar-refractivity contribution is -0.103. The van der Waals surface area contributed by atoms with E-state index in [1.54, 1.807) is 18.4 Å². The molecule has 1 saturated heterocycles. The fourth-order valence-electron chi connectivity index (χ4n) is 4.95. The van der Waals surface area contributed by atoms with Crippen LogP contribution in [0.15, 0.2) is 45.5 Å². The summed E-state index contributed by atoms with van der Waals surface area (Å²) in [6.07, 6.45) is 9.59. The molecule has 2 aliphatic rings. The molecule has 2 heterocycles. The van der Waals surface area contributed by atoms with Gasteiger partial charge < -0.3 is 14.5 Å². The molecule has 3 nitrogen and oxygen atoms in total. The van der Waals surface area contributed by atoms with E-state index in [9.17, 15) is 4.39 Å². The highest BCUT2D eigenvalue weighted by Crippen LogP contribution is 2.50. The van der Waals surface area contributed by atoms with Crippen molar-refractivity contribution < 1.29 is 13.5 Å². The third-order valence-corrected chi connectivity index (χ3v) is 6.74. The molecule has 1 aliphatic heterocycles. The van der Waals surface area contributed by atoms with Crippen molar-refractivity contribution in [2.45, 2.75) is 62.5 Å². The molecule has 27 heavy (non-hydrogen) atoms. The average molecular weight is 436 g/mol. The summed E-state index contributed by atoms with van der Waals surface area (Å²) in [6.45, 7) is 2.40. The number of benzene rings is 1. The van der Waals surface area contributed by atoms with E-state index in [4.69, 9.17) is 9.15 Å². The van der Waals surface area contributed by atoms with Crippen LogP contribution >= 0.6 is 15.9 Å². The maximum absolute atomic E-state index is 13.5. The number of hydrogen-bond donors (Lipinski definition) is 1. The van der Waals surface area contributed by atoms with Crippen molar-refractivity contribution in [1.29, 1.82) is 0 Å². The molecule has 0 bridgehead atoms. The van der Waals surface area contributed by atoms with Gasteiger partial charge in [-0.15, -0.1) is 0 Å². The zero-order valence-corrected chi connectivity index (χ0v) is 17.2. The highest BCUT2D eigenvalue weighted by molar-refractivity contribution is 9.10. The third-order valence-electron chi connectivity index (χ3n) is 6.32. The number of ether oxygens (including phenoxy) is 1. The van der Waals surface area contributed by atoms with Gasteiger partial charge in [-0.3, -0.25) is 0 Å². The van der Waals surface area contributed by atoms with Gasteiger partial charge in [0, 0.05) is 12.0 Å². The van der Waals surface area contributed by atoms with Gasteiger partial charge in [0.05, 0.1) is 16.6 Å². The van der Waals surface area contributed by atoms with Crippen molar-refractivity contribution in [3.8, 4) is 0 Å². The van der Waals surface area contributed by atoms with Gasteiger partial charge >= 0.3 is 0 Å². The monoisotopic (exact) mass is 435 g/mol. The van der Waals surface area contributed by atoms with E-state index in [0.717, 1.165) is 55.5 Å². The molecule has 1 spiro atoms. The van der Waals surface area contributed by atoms with E-state index in [0.29, 0.717) is 6.54 Å². The molecule has 1 aliphatic carbocycles. The van der Waals surface area contributed by atoms with Crippen LogP contribution in [0, 0.1) is 5.82 Å². The highest BCUT2D eigenvalue weighted by Gasteiger charge is 2.47. The zero-order valence-electron chi connectivity index (χ0n) is 15.6. The number of halogens is 2. The Morgan fingerprint density at radius 1 is 1.11 bits per heavy atom. The molecule has 2 aromatic rings. The van der Waals surface area contributed by atoms with Crippen LogP contribution < -0.4 is 5.32 Å². The van der Waals surface area contributed by atoms with E-state index in [2.05, 4.69) is 21.2 Å². The molecule has 1 atom stereocenters. The predicted octanol–water partition coefficient (Wildman–Crippen LogP) is 5.72. The molecular formula is C22H27BrFNO2. The van der Waals surface area contributed by atoms with Gasteiger partial charge in [-0.05, 0) is 78.3 Å². The Hall–Kier alpha value is -1.17. The van der Waals surface area contributed by atoms with E-state index in [-0.39, 0.29) is 16.8 Å². The van der Waals surface area contributed by atoms with Crippen LogP contribution in [0.5, 0.6) is 0 Å². The quantitative estimate of drug-likeness (QED) is 0.588. The van der Waals surface area contributed by atoms with Gasteiger partial charge in [0.2, 0.25) is 0 Å². The largest absolute Gasteiger partial charge is 0.467 e. The standard InChI is InChI=1S/C22H27BrFNO2/c23-18-13-20(26-15-18)14-25-11-9-21(17-3-5-19(24)6-4-17)10-12-27-22(16-21)7-1-2-8-22/h3-6,13,15,25H,1-2,7-12,14,16H2/t21-/m1/s1. The fourth-order valence-corrected chi connectivity index (χ4v) is 5.30. The smallest absolute Gasteiger partial charge is 0.123 e. The first-order valence-electron chi connectivity index (χ1n) is 9.93. The SMILES string of the molecule is Fc1ccc([C@]2(CCNCc3cc(Br)co3)CCOC3(CCCC3)C2)cc1. The second-order valence-electron chi connectivity index (χ2n) is 8.11. The summed E-state index contributed by atoms with van der Waals surface area (Å²) in [5, 5.41) is 3.52. The Balaban J connectivity index is 1.48. The fraction of sp³-hybridized carbons (Fsp3) is 0.545. The molecule has 0 radical (unpaired) electrons. The van der Waals surface area contributed by atoms with Crippen molar-refractivity contribution in [1.82, 2.24) is 5.32 Å². The van der Waals surface area contributed by atoms with Gasteiger partial charge in [-0.25, -0.2) is 4.39 Å². The number of hydrogen-bond acceptors (Lipinski definition) is 3. The Bertz CT molecular complexity index is 754. The van der Waals surface area contributed by atoms with Crippen LogP contribution in [0.25, 0.3) is 0 Å². The highest BCUT2D eigenvalue weighted by atomic mass is 79.9. The van der Waals surface area contributed by atoms with E-state index < -0.39 is 0 Å². The normalized spacial score (nSPS) is 24.5. The van der Waals surface area contributed by atoms with E-state index in [1.807, 2.05) is 18.2 Å². The summed E-state index contributed by atoms with van der Waals surface area (Å²) < 4.78 is 26.3. The van der Waals surface area contributed by atoms with Crippen LogP contribution in [-0.4, -0.2) is 18.8 Å². The average Bonchev–Trinajstić information content (AvgIpc) is 3.28. The van der Waals surface area contributed by atoms with Crippen LogP contribution in [-0.2, 0) is 16.7 Å². The maximum atomic E-state index is 13.5. The first-order valence-corrected chi connectivity index (χ1v) is 10.7. The summed E-state index contributed by atoms with van der Waals surface area (Å²) in [5.74, 6) is 0.759. The lowest BCUT2D eigenvalue weighted by Gasteiger charge is -2.47. The number of furan rings is 1. The first kappa shape index (κ1) is 19.2. The number of rotatable bonds is 6. The lowest BCUT2D eigenvalue weighted by Crippen LogP contribution is -2.47. The minimum Gasteiger partial charge on any atom is -0.467 e. The summed E-state index contributed by atoms with van der Waals surface area (Å²) in [7, 11) is 0. The summed E-state index contributed by atoms with van der Waals surface area (Å²) in [5.41, 5.74) is 1.33. The Morgan fingerprint density at radius 2 is 1.89 bits per heavy atom. The van der Waals surface area contributed by atoms with Gasteiger partial charge in [0.25, 0.3) is 0 Å². The lowest BCUT2D eigenvalue weighted by atomic mass is 9.66.